The van der Waals surface area contributed by atoms with Crippen LogP contribution in [0.3, 0.4) is 0 Å². The molecule has 0 unspecified atom stereocenters. The topological polar surface area (TPSA) is 59.8 Å². The maximum absolute atomic E-state index is 12.0. The van der Waals surface area contributed by atoms with Gasteiger partial charge in [0.25, 0.3) is 0 Å². The number of amides is 1. The van der Waals surface area contributed by atoms with Gasteiger partial charge in [-0.15, -0.1) is 10.2 Å². The second-order valence-electron chi connectivity index (χ2n) is 6.19. The largest absolute Gasteiger partial charge is 0.355 e. The highest BCUT2D eigenvalue weighted by molar-refractivity contribution is 7.99. The fraction of sp³-hybridized carbons (Fsp3) is 0.286. The first-order valence-electron chi connectivity index (χ1n) is 9.21. The first-order chi connectivity index (χ1) is 13.3. The summed E-state index contributed by atoms with van der Waals surface area (Å²) in [5.41, 5.74) is 2.29. The van der Waals surface area contributed by atoms with Gasteiger partial charge < -0.3 is 5.32 Å². The lowest BCUT2D eigenvalue weighted by molar-refractivity contribution is -0.118. The summed E-state index contributed by atoms with van der Waals surface area (Å²) in [6.45, 7) is 2.74. The molecule has 0 fully saturated rings. The van der Waals surface area contributed by atoms with Gasteiger partial charge in [-0.3, -0.25) is 9.36 Å². The van der Waals surface area contributed by atoms with Crippen LogP contribution in [0.25, 0.3) is 5.69 Å². The second-order valence-corrected chi connectivity index (χ2v) is 7.14. The molecule has 140 valence electrons. The van der Waals surface area contributed by atoms with Crippen molar-refractivity contribution >= 4 is 17.7 Å². The van der Waals surface area contributed by atoms with Gasteiger partial charge in [-0.25, -0.2) is 0 Å². The van der Waals surface area contributed by atoms with E-state index in [1.165, 1.54) is 17.3 Å². The molecule has 0 spiro atoms. The van der Waals surface area contributed by atoms with Crippen LogP contribution in [0, 0.1) is 0 Å². The zero-order valence-corrected chi connectivity index (χ0v) is 16.3. The van der Waals surface area contributed by atoms with Gasteiger partial charge in [0.05, 0.1) is 5.75 Å². The number of carbonyl (C=O) groups is 1. The summed E-state index contributed by atoms with van der Waals surface area (Å²) in [4.78, 5) is 12.0. The lowest BCUT2D eigenvalue weighted by atomic mass is 10.1. The number of benzene rings is 2. The summed E-state index contributed by atoms with van der Waals surface area (Å²) in [6, 6.07) is 20.4. The number of nitrogens with one attached hydrogen (secondary N) is 1. The van der Waals surface area contributed by atoms with E-state index in [-0.39, 0.29) is 5.91 Å². The number of aryl methyl sites for hydroxylation is 2. The van der Waals surface area contributed by atoms with Crippen molar-refractivity contribution in [3.8, 4) is 5.69 Å². The quantitative estimate of drug-likeness (QED) is 0.576. The summed E-state index contributed by atoms with van der Waals surface area (Å²) >= 11 is 1.42. The van der Waals surface area contributed by atoms with Crippen LogP contribution in [0.5, 0.6) is 0 Å². The van der Waals surface area contributed by atoms with Gasteiger partial charge in [0.15, 0.2) is 5.16 Å². The van der Waals surface area contributed by atoms with Gasteiger partial charge in [0, 0.05) is 18.7 Å². The lowest BCUT2D eigenvalue weighted by Gasteiger charge is -2.10. The van der Waals surface area contributed by atoms with Crippen LogP contribution in [-0.2, 0) is 17.6 Å². The maximum Gasteiger partial charge on any atom is 0.230 e. The molecule has 3 rings (SSSR count). The Hall–Kier alpha value is -2.60. The number of rotatable bonds is 9. The van der Waals surface area contributed by atoms with E-state index in [2.05, 4.69) is 32.2 Å². The SMILES string of the molecule is CCCNC(=O)CSc1nnc(CCc2ccccc2)n1-c1ccccc1. The van der Waals surface area contributed by atoms with E-state index in [1.807, 2.05) is 55.5 Å². The van der Waals surface area contributed by atoms with Crippen LogP contribution < -0.4 is 5.32 Å². The Kier molecular flexibility index (Phi) is 7.04. The Morgan fingerprint density at radius 1 is 1.00 bits per heavy atom. The van der Waals surface area contributed by atoms with Crippen molar-refractivity contribution in [3.63, 3.8) is 0 Å². The van der Waals surface area contributed by atoms with E-state index in [9.17, 15) is 4.79 Å². The van der Waals surface area contributed by atoms with Gasteiger partial charge in [-0.05, 0) is 30.5 Å². The smallest absolute Gasteiger partial charge is 0.230 e. The highest BCUT2D eigenvalue weighted by atomic mass is 32.2. The summed E-state index contributed by atoms with van der Waals surface area (Å²) in [5.74, 6) is 1.26. The van der Waals surface area contributed by atoms with Gasteiger partial charge >= 0.3 is 0 Å². The monoisotopic (exact) mass is 380 g/mol. The van der Waals surface area contributed by atoms with Crippen LogP contribution in [0.2, 0.25) is 0 Å². The van der Waals surface area contributed by atoms with E-state index in [0.717, 1.165) is 35.9 Å². The van der Waals surface area contributed by atoms with Crippen LogP contribution in [-0.4, -0.2) is 33.0 Å². The van der Waals surface area contributed by atoms with Crippen molar-refractivity contribution in [1.82, 2.24) is 20.1 Å². The molecule has 0 aliphatic carbocycles. The predicted molar refractivity (Wildman–Crippen MR) is 109 cm³/mol. The summed E-state index contributed by atoms with van der Waals surface area (Å²) < 4.78 is 2.06. The first-order valence-corrected chi connectivity index (χ1v) is 10.2. The maximum atomic E-state index is 12.0. The Morgan fingerprint density at radius 2 is 1.70 bits per heavy atom. The minimum Gasteiger partial charge on any atom is -0.355 e. The molecule has 1 aromatic heterocycles. The predicted octanol–water partition coefficient (Wildman–Crippen LogP) is 3.67. The third-order valence-electron chi connectivity index (χ3n) is 4.10. The van der Waals surface area contributed by atoms with E-state index >= 15 is 0 Å². The van der Waals surface area contributed by atoms with Crippen molar-refractivity contribution in [3.05, 3.63) is 72.1 Å². The summed E-state index contributed by atoms with van der Waals surface area (Å²) in [6.07, 6.45) is 2.61. The minimum atomic E-state index is 0.0234. The zero-order valence-electron chi connectivity index (χ0n) is 15.5. The fourth-order valence-electron chi connectivity index (χ4n) is 2.74. The fourth-order valence-corrected chi connectivity index (χ4v) is 3.54. The number of para-hydroxylation sites is 1. The zero-order chi connectivity index (χ0) is 18.9. The third kappa shape index (κ3) is 5.44. The molecule has 0 aliphatic heterocycles. The van der Waals surface area contributed by atoms with Crippen molar-refractivity contribution in [1.29, 1.82) is 0 Å². The van der Waals surface area contributed by atoms with Crippen molar-refractivity contribution in [2.45, 2.75) is 31.3 Å². The first kappa shape index (κ1) is 19.2. The number of hydrogen-bond acceptors (Lipinski definition) is 4. The van der Waals surface area contributed by atoms with E-state index < -0.39 is 0 Å². The van der Waals surface area contributed by atoms with Crippen molar-refractivity contribution < 1.29 is 4.79 Å². The Bertz CT molecular complexity index is 849. The lowest BCUT2D eigenvalue weighted by Crippen LogP contribution is -2.25. The molecule has 1 amide bonds. The minimum absolute atomic E-state index is 0.0234. The molecule has 0 radical (unpaired) electrons. The van der Waals surface area contributed by atoms with Gasteiger partial charge in [0.2, 0.25) is 5.91 Å². The highest BCUT2D eigenvalue weighted by Crippen LogP contribution is 2.22. The van der Waals surface area contributed by atoms with E-state index in [1.54, 1.807) is 0 Å². The average molecular weight is 381 g/mol. The number of thioether (sulfide) groups is 1. The molecule has 0 aliphatic rings. The van der Waals surface area contributed by atoms with Crippen molar-refractivity contribution in [2.24, 2.45) is 0 Å². The van der Waals surface area contributed by atoms with Crippen LogP contribution in [0.1, 0.15) is 24.7 Å². The second kappa shape index (κ2) is 9.92. The molecule has 0 bridgehead atoms. The highest BCUT2D eigenvalue weighted by Gasteiger charge is 2.15. The molecular formula is C21H24N4OS. The number of hydrogen-bond donors (Lipinski definition) is 1. The molecule has 1 heterocycles. The normalized spacial score (nSPS) is 10.7. The molecule has 1 N–H and O–H groups in total. The Labute approximate surface area is 164 Å². The molecule has 0 atom stereocenters. The molecule has 2 aromatic carbocycles. The average Bonchev–Trinajstić information content (AvgIpc) is 3.13. The van der Waals surface area contributed by atoms with E-state index in [0.29, 0.717) is 12.3 Å². The van der Waals surface area contributed by atoms with Crippen LogP contribution in [0.15, 0.2) is 65.8 Å². The van der Waals surface area contributed by atoms with Crippen LogP contribution >= 0.6 is 11.8 Å². The molecule has 0 saturated carbocycles. The Balaban J connectivity index is 1.77. The molecule has 27 heavy (non-hydrogen) atoms. The molecule has 5 nitrogen and oxygen atoms in total. The van der Waals surface area contributed by atoms with Gasteiger partial charge in [-0.1, -0.05) is 67.2 Å². The molecular weight excluding hydrogens is 356 g/mol. The summed E-state index contributed by atoms with van der Waals surface area (Å²) in [7, 11) is 0. The number of aromatic nitrogens is 3. The van der Waals surface area contributed by atoms with Crippen molar-refractivity contribution in [2.75, 3.05) is 12.3 Å². The third-order valence-corrected chi connectivity index (χ3v) is 5.03. The number of carbonyl (C=O) groups excluding carboxylic acids is 1. The molecule has 0 saturated heterocycles. The summed E-state index contributed by atoms with van der Waals surface area (Å²) in [5, 5.41) is 12.4. The standard InChI is InChI=1S/C21H24N4OS/c1-2-15-22-20(26)16-27-21-24-23-19(14-13-17-9-5-3-6-10-17)25(21)18-11-7-4-8-12-18/h3-12H,2,13-16H2,1H3,(H,22,26). The van der Waals surface area contributed by atoms with Gasteiger partial charge in [0.1, 0.15) is 5.82 Å². The Morgan fingerprint density at radius 3 is 2.41 bits per heavy atom. The molecule has 6 heteroatoms. The van der Waals surface area contributed by atoms with Gasteiger partial charge in [-0.2, -0.15) is 0 Å². The van der Waals surface area contributed by atoms with E-state index in [4.69, 9.17) is 0 Å². The molecule has 3 aromatic rings. The number of nitrogens with zero attached hydrogens (tertiary/aromatic N) is 3. The van der Waals surface area contributed by atoms with Crippen LogP contribution in [0.4, 0.5) is 0 Å².